The summed E-state index contributed by atoms with van der Waals surface area (Å²) in [5, 5.41) is 0. The standard InChI is InChI=1S/C40H44O5/c1-4-29-15-19-33-21-24-35-32(20-16-30-11-8-7-9-12-30)13-10-14-36(35)39(37(33)27-29)45-26-25-44-34-22-17-31(18-23-34)28-38(42-5-2)40(41)43-6-3/h7-15,17-19,21-24,27,38-39H,4-6,16,20,25-26,28H2,1-3H3. The molecule has 1 aliphatic rings. The van der Waals surface area contributed by atoms with Gasteiger partial charge in [0, 0.05) is 13.0 Å². The Kier molecular flexibility index (Phi) is 11.6. The van der Waals surface area contributed by atoms with E-state index in [1.807, 2.05) is 31.2 Å². The third kappa shape index (κ3) is 8.50. The van der Waals surface area contributed by atoms with Crippen molar-refractivity contribution in [3.8, 4) is 5.75 Å². The number of rotatable bonds is 15. The lowest BCUT2D eigenvalue weighted by molar-refractivity contribution is -0.156. The Morgan fingerprint density at radius 2 is 1.53 bits per heavy atom. The molecule has 0 heterocycles. The van der Waals surface area contributed by atoms with Crippen LogP contribution in [0.2, 0.25) is 0 Å². The van der Waals surface area contributed by atoms with E-state index in [-0.39, 0.29) is 12.1 Å². The second-order valence-electron chi connectivity index (χ2n) is 11.2. The van der Waals surface area contributed by atoms with Gasteiger partial charge in [-0.3, -0.25) is 0 Å². The van der Waals surface area contributed by atoms with Crippen molar-refractivity contribution in [1.29, 1.82) is 0 Å². The van der Waals surface area contributed by atoms with E-state index in [1.165, 1.54) is 38.9 Å². The Morgan fingerprint density at radius 1 is 0.733 bits per heavy atom. The van der Waals surface area contributed by atoms with E-state index in [2.05, 4.69) is 85.8 Å². The molecule has 0 aromatic heterocycles. The van der Waals surface area contributed by atoms with Gasteiger partial charge in [-0.15, -0.1) is 0 Å². The number of hydrogen-bond donors (Lipinski definition) is 0. The average molecular weight is 605 g/mol. The number of benzene rings is 4. The van der Waals surface area contributed by atoms with Gasteiger partial charge in [0.05, 0.1) is 13.2 Å². The molecule has 1 aliphatic carbocycles. The summed E-state index contributed by atoms with van der Waals surface area (Å²) in [4.78, 5) is 12.2. The zero-order valence-corrected chi connectivity index (χ0v) is 26.7. The minimum Gasteiger partial charge on any atom is -0.491 e. The molecule has 234 valence electrons. The summed E-state index contributed by atoms with van der Waals surface area (Å²) in [5.74, 6) is 0.425. The van der Waals surface area contributed by atoms with Crippen LogP contribution < -0.4 is 4.74 Å². The predicted octanol–water partition coefficient (Wildman–Crippen LogP) is 8.21. The van der Waals surface area contributed by atoms with Gasteiger partial charge in [-0.25, -0.2) is 4.79 Å². The number of fused-ring (bicyclic) bond motifs is 2. The summed E-state index contributed by atoms with van der Waals surface area (Å²) in [7, 11) is 0. The second kappa shape index (κ2) is 16.2. The van der Waals surface area contributed by atoms with Crippen LogP contribution in [0.5, 0.6) is 5.75 Å². The van der Waals surface area contributed by atoms with E-state index >= 15 is 0 Å². The molecule has 45 heavy (non-hydrogen) atoms. The fraction of sp³-hybridized carbons (Fsp3) is 0.325. The first-order chi connectivity index (χ1) is 22.1. The van der Waals surface area contributed by atoms with E-state index in [0.29, 0.717) is 32.8 Å². The summed E-state index contributed by atoms with van der Waals surface area (Å²) in [5.41, 5.74) is 9.78. The van der Waals surface area contributed by atoms with Gasteiger partial charge in [0.2, 0.25) is 0 Å². The monoisotopic (exact) mass is 604 g/mol. The summed E-state index contributed by atoms with van der Waals surface area (Å²) >= 11 is 0. The summed E-state index contributed by atoms with van der Waals surface area (Å²) < 4.78 is 23.5. The molecule has 0 saturated carbocycles. The molecule has 0 spiro atoms. The van der Waals surface area contributed by atoms with Crippen LogP contribution in [0.3, 0.4) is 0 Å². The Balaban J connectivity index is 1.27. The van der Waals surface area contributed by atoms with Crippen LogP contribution in [0.25, 0.3) is 12.2 Å². The molecule has 0 radical (unpaired) electrons. The molecule has 0 N–H and O–H groups in total. The number of hydrogen-bond acceptors (Lipinski definition) is 5. The molecule has 2 atom stereocenters. The minimum atomic E-state index is -0.609. The maximum Gasteiger partial charge on any atom is 0.335 e. The molecule has 0 bridgehead atoms. The van der Waals surface area contributed by atoms with Gasteiger partial charge in [0.1, 0.15) is 18.5 Å². The van der Waals surface area contributed by atoms with Crippen molar-refractivity contribution >= 4 is 18.1 Å². The van der Waals surface area contributed by atoms with Gasteiger partial charge >= 0.3 is 5.97 Å². The number of esters is 1. The molecule has 0 aliphatic heterocycles. The van der Waals surface area contributed by atoms with E-state index in [1.54, 1.807) is 6.92 Å². The Hall–Kier alpha value is -4.19. The molecule has 5 rings (SSSR count). The highest BCUT2D eigenvalue weighted by molar-refractivity contribution is 5.78. The van der Waals surface area contributed by atoms with Gasteiger partial charge in [-0.05, 0) is 89.8 Å². The highest BCUT2D eigenvalue weighted by Crippen LogP contribution is 2.37. The van der Waals surface area contributed by atoms with Gasteiger partial charge < -0.3 is 18.9 Å². The Bertz CT molecular complexity index is 1560. The predicted molar refractivity (Wildman–Crippen MR) is 181 cm³/mol. The smallest absolute Gasteiger partial charge is 0.335 e. The van der Waals surface area contributed by atoms with Crippen molar-refractivity contribution in [2.75, 3.05) is 26.4 Å². The topological polar surface area (TPSA) is 54.0 Å². The molecule has 5 heteroatoms. The van der Waals surface area contributed by atoms with Crippen LogP contribution in [0.4, 0.5) is 0 Å². The summed E-state index contributed by atoms with van der Waals surface area (Å²) in [6, 6.07) is 31.8. The van der Waals surface area contributed by atoms with E-state index in [4.69, 9.17) is 18.9 Å². The number of carbonyl (C=O) groups excluding carboxylic acids is 1. The maximum atomic E-state index is 12.2. The lowest BCUT2D eigenvalue weighted by atomic mass is 9.91. The molecule has 4 aromatic rings. The SMILES string of the molecule is CCOC(=O)C(Cc1ccc(OCCOC2c3cc(CC)ccc3C=Cc3c(CCc4ccccc4)cccc32)cc1)OCC. The fourth-order valence-corrected chi connectivity index (χ4v) is 5.86. The lowest BCUT2D eigenvalue weighted by Gasteiger charge is -2.23. The van der Waals surface area contributed by atoms with Gasteiger partial charge in [0.25, 0.3) is 0 Å². The first-order valence-corrected chi connectivity index (χ1v) is 16.2. The zero-order chi connectivity index (χ0) is 31.4. The lowest BCUT2D eigenvalue weighted by Crippen LogP contribution is -2.28. The van der Waals surface area contributed by atoms with Crippen molar-refractivity contribution < 1.29 is 23.7 Å². The van der Waals surface area contributed by atoms with E-state index in [0.717, 1.165) is 30.6 Å². The molecule has 0 fully saturated rings. The van der Waals surface area contributed by atoms with Gasteiger partial charge in [-0.2, -0.15) is 0 Å². The summed E-state index contributed by atoms with van der Waals surface area (Å²) in [6.07, 6.45) is 7.07. The molecule has 0 amide bonds. The van der Waals surface area contributed by atoms with Crippen LogP contribution in [-0.4, -0.2) is 38.5 Å². The van der Waals surface area contributed by atoms with Gasteiger partial charge in [-0.1, -0.05) is 97.9 Å². The molecule has 0 saturated heterocycles. The second-order valence-corrected chi connectivity index (χ2v) is 11.2. The van der Waals surface area contributed by atoms with Crippen molar-refractivity contribution in [3.63, 3.8) is 0 Å². The number of carbonyl (C=O) groups is 1. The van der Waals surface area contributed by atoms with E-state index < -0.39 is 6.10 Å². The molecule has 2 unspecified atom stereocenters. The third-order valence-electron chi connectivity index (χ3n) is 8.21. The number of aryl methyl sites for hydroxylation is 3. The van der Waals surface area contributed by atoms with Crippen molar-refractivity contribution in [2.24, 2.45) is 0 Å². The van der Waals surface area contributed by atoms with E-state index in [9.17, 15) is 4.79 Å². The fourth-order valence-electron chi connectivity index (χ4n) is 5.86. The highest BCUT2D eigenvalue weighted by Gasteiger charge is 2.24. The molecular formula is C40H44O5. The van der Waals surface area contributed by atoms with Crippen LogP contribution in [0, 0.1) is 0 Å². The molecule has 4 aromatic carbocycles. The molecule has 5 nitrogen and oxygen atoms in total. The van der Waals surface area contributed by atoms with Crippen molar-refractivity contribution in [3.05, 3.63) is 136 Å². The van der Waals surface area contributed by atoms with Crippen LogP contribution in [-0.2, 0) is 44.7 Å². The molecular weight excluding hydrogens is 560 g/mol. The largest absolute Gasteiger partial charge is 0.491 e. The third-order valence-corrected chi connectivity index (χ3v) is 8.21. The first-order valence-electron chi connectivity index (χ1n) is 16.2. The summed E-state index contributed by atoms with van der Waals surface area (Å²) in [6.45, 7) is 7.50. The minimum absolute atomic E-state index is 0.197. The number of ether oxygens (including phenoxy) is 4. The first kappa shape index (κ1) is 32.2. The normalized spacial score (nSPS) is 14.2. The quantitative estimate of drug-likeness (QED) is 0.101. The van der Waals surface area contributed by atoms with Gasteiger partial charge in [0.15, 0.2) is 6.10 Å². The van der Waals surface area contributed by atoms with Crippen LogP contribution in [0.1, 0.15) is 71.4 Å². The van der Waals surface area contributed by atoms with Crippen molar-refractivity contribution in [2.45, 2.75) is 58.7 Å². The highest BCUT2D eigenvalue weighted by atomic mass is 16.6. The Labute approximate surface area is 267 Å². The maximum absolute atomic E-state index is 12.2. The van der Waals surface area contributed by atoms with Crippen LogP contribution in [0.15, 0.2) is 91.0 Å². The zero-order valence-electron chi connectivity index (χ0n) is 26.7. The Morgan fingerprint density at radius 3 is 2.29 bits per heavy atom. The van der Waals surface area contributed by atoms with Crippen molar-refractivity contribution in [1.82, 2.24) is 0 Å². The van der Waals surface area contributed by atoms with Crippen LogP contribution >= 0.6 is 0 Å². The average Bonchev–Trinajstić information content (AvgIpc) is 3.23.